The number of amides is 1. The molecule has 1 N–H and O–H groups in total. The van der Waals surface area contributed by atoms with Crippen molar-refractivity contribution in [1.29, 1.82) is 0 Å². The van der Waals surface area contributed by atoms with Crippen molar-refractivity contribution < 1.29 is 9.18 Å². The van der Waals surface area contributed by atoms with E-state index in [1.807, 2.05) is 0 Å². The number of halogens is 3. The molecule has 2 atom stereocenters. The van der Waals surface area contributed by atoms with Crippen LogP contribution in [0.1, 0.15) is 43.0 Å². The zero-order chi connectivity index (χ0) is 14.8. The van der Waals surface area contributed by atoms with Crippen molar-refractivity contribution in [1.82, 2.24) is 5.32 Å². The molecule has 1 aromatic carbocycles. The number of alkyl halides is 1. The predicted octanol–water partition coefficient (Wildman–Crippen LogP) is 4.51. The highest BCUT2D eigenvalue weighted by molar-refractivity contribution is 9.10. The van der Waals surface area contributed by atoms with Crippen molar-refractivity contribution in [3.8, 4) is 0 Å². The highest BCUT2D eigenvalue weighted by Gasteiger charge is 2.36. The minimum atomic E-state index is -0.529. The molecule has 2 rings (SSSR count). The average Bonchev–Trinajstić information content (AvgIpc) is 2.41. The lowest BCUT2D eigenvalue weighted by molar-refractivity contribution is 0.0863. The Bertz CT molecular complexity index is 511. The Balaban J connectivity index is 2.19. The molecule has 1 aliphatic rings. The number of hydrogen-bond donors (Lipinski definition) is 1. The van der Waals surface area contributed by atoms with Gasteiger partial charge in [0.05, 0.1) is 15.6 Å². The quantitative estimate of drug-likeness (QED) is 0.788. The molecular formula is C15H18BrClFNO. The summed E-state index contributed by atoms with van der Waals surface area (Å²) in [7, 11) is 0. The van der Waals surface area contributed by atoms with Gasteiger partial charge in [-0.3, -0.25) is 4.79 Å². The molecule has 0 aromatic heterocycles. The smallest absolute Gasteiger partial charge is 0.254 e. The van der Waals surface area contributed by atoms with Gasteiger partial charge in [0.1, 0.15) is 5.82 Å². The van der Waals surface area contributed by atoms with Crippen molar-refractivity contribution in [3.63, 3.8) is 0 Å². The van der Waals surface area contributed by atoms with Crippen LogP contribution in [0, 0.1) is 11.7 Å². The topological polar surface area (TPSA) is 29.1 Å². The van der Waals surface area contributed by atoms with Gasteiger partial charge in [0.25, 0.3) is 5.91 Å². The van der Waals surface area contributed by atoms with Crippen LogP contribution in [0.2, 0.25) is 0 Å². The number of rotatable bonds is 3. The Morgan fingerprint density at radius 1 is 1.60 bits per heavy atom. The molecule has 20 heavy (non-hydrogen) atoms. The predicted molar refractivity (Wildman–Crippen MR) is 82.6 cm³/mol. The van der Waals surface area contributed by atoms with E-state index in [0.717, 1.165) is 25.7 Å². The molecule has 0 heterocycles. The molecule has 1 aromatic rings. The monoisotopic (exact) mass is 361 g/mol. The number of nitrogens with one attached hydrogen (secondary N) is 1. The molecule has 0 spiro atoms. The summed E-state index contributed by atoms with van der Waals surface area (Å²) in [5.41, 5.74) is -0.354. The van der Waals surface area contributed by atoms with Crippen molar-refractivity contribution in [2.75, 3.05) is 5.88 Å². The molecule has 1 fully saturated rings. The van der Waals surface area contributed by atoms with Crippen LogP contribution >= 0.6 is 27.5 Å². The first-order chi connectivity index (χ1) is 9.47. The molecule has 0 radical (unpaired) electrons. The zero-order valence-electron chi connectivity index (χ0n) is 11.4. The lowest BCUT2D eigenvalue weighted by Crippen LogP contribution is -2.52. The normalized spacial score (nSPS) is 26.3. The van der Waals surface area contributed by atoms with E-state index in [-0.39, 0.29) is 5.56 Å². The maximum atomic E-state index is 14.0. The van der Waals surface area contributed by atoms with E-state index in [1.54, 1.807) is 12.1 Å². The zero-order valence-corrected chi connectivity index (χ0v) is 13.7. The summed E-state index contributed by atoms with van der Waals surface area (Å²) >= 11 is 9.19. The van der Waals surface area contributed by atoms with Crippen LogP contribution in [-0.2, 0) is 0 Å². The standard InChI is InChI=1S/C15H18BrClFNO/c1-10-4-3-7-15(8-10,9-17)19-14(20)11-5-2-6-12(16)13(11)18/h2,5-6,10H,3-4,7-9H2,1H3,(H,19,20). The van der Waals surface area contributed by atoms with Crippen molar-refractivity contribution in [3.05, 3.63) is 34.1 Å². The van der Waals surface area contributed by atoms with Crippen LogP contribution in [0.4, 0.5) is 4.39 Å². The minimum absolute atomic E-state index is 0.0575. The molecule has 110 valence electrons. The van der Waals surface area contributed by atoms with Gasteiger partial charge in [-0.2, -0.15) is 0 Å². The van der Waals surface area contributed by atoms with Gasteiger partial charge in [-0.1, -0.05) is 25.8 Å². The third-order valence-electron chi connectivity index (χ3n) is 3.92. The van der Waals surface area contributed by atoms with Gasteiger partial charge < -0.3 is 5.32 Å². The van der Waals surface area contributed by atoms with Gasteiger partial charge in [-0.05, 0) is 46.8 Å². The third-order valence-corrected chi connectivity index (χ3v) is 5.05. The van der Waals surface area contributed by atoms with Crippen LogP contribution in [0.3, 0.4) is 0 Å². The summed E-state index contributed by atoms with van der Waals surface area (Å²) in [6.45, 7) is 2.16. The molecule has 0 bridgehead atoms. The van der Waals surface area contributed by atoms with Gasteiger partial charge in [-0.25, -0.2) is 4.39 Å². The molecular weight excluding hydrogens is 345 g/mol. The first-order valence-electron chi connectivity index (χ1n) is 6.80. The first kappa shape index (κ1) is 15.8. The van der Waals surface area contributed by atoms with E-state index in [4.69, 9.17) is 11.6 Å². The molecule has 1 saturated carbocycles. The van der Waals surface area contributed by atoms with Crippen LogP contribution in [0.25, 0.3) is 0 Å². The first-order valence-corrected chi connectivity index (χ1v) is 8.13. The van der Waals surface area contributed by atoms with Gasteiger partial charge in [0.15, 0.2) is 0 Å². The van der Waals surface area contributed by atoms with Crippen LogP contribution in [0.5, 0.6) is 0 Å². The maximum Gasteiger partial charge on any atom is 0.254 e. The van der Waals surface area contributed by atoms with Crippen molar-refractivity contribution >= 4 is 33.4 Å². The Kier molecular flexibility index (Phi) is 5.08. The Labute approximate surface area is 132 Å². The van der Waals surface area contributed by atoms with Crippen molar-refractivity contribution in [2.45, 2.75) is 38.1 Å². The maximum absolute atomic E-state index is 14.0. The fourth-order valence-corrected chi connectivity index (χ4v) is 3.59. The highest BCUT2D eigenvalue weighted by Crippen LogP contribution is 2.33. The summed E-state index contributed by atoms with van der Waals surface area (Å²) in [6.07, 6.45) is 3.88. The van der Waals surface area contributed by atoms with E-state index in [1.165, 1.54) is 6.07 Å². The Hall–Kier alpha value is -0.610. The molecule has 2 unspecified atom stereocenters. The fraction of sp³-hybridized carbons (Fsp3) is 0.533. The van der Waals surface area contributed by atoms with Gasteiger partial charge in [0.2, 0.25) is 0 Å². The SMILES string of the molecule is CC1CCCC(CCl)(NC(=O)c2cccc(Br)c2F)C1. The fourth-order valence-electron chi connectivity index (χ4n) is 2.92. The number of carbonyl (C=O) groups excluding carboxylic acids is 1. The van der Waals surface area contributed by atoms with E-state index in [9.17, 15) is 9.18 Å². The third kappa shape index (κ3) is 3.34. The number of benzene rings is 1. The largest absolute Gasteiger partial charge is 0.345 e. The van der Waals surface area contributed by atoms with E-state index in [0.29, 0.717) is 16.3 Å². The highest BCUT2D eigenvalue weighted by atomic mass is 79.9. The summed E-state index contributed by atoms with van der Waals surface area (Å²) in [6, 6.07) is 4.72. The van der Waals surface area contributed by atoms with Gasteiger partial charge in [-0.15, -0.1) is 11.6 Å². The average molecular weight is 363 g/mol. The molecule has 1 aliphatic carbocycles. The van der Waals surface area contributed by atoms with Crippen LogP contribution < -0.4 is 5.32 Å². The summed E-state index contributed by atoms with van der Waals surface area (Å²) < 4.78 is 14.3. The van der Waals surface area contributed by atoms with Crippen LogP contribution in [-0.4, -0.2) is 17.3 Å². The molecule has 0 saturated heterocycles. The number of hydrogen-bond acceptors (Lipinski definition) is 1. The summed E-state index contributed by atoms with van der Waals surface area (Å²) in [4.78, 5) is 12.3. The van der Waals surface area contributed by atoms with E-state index in [2.05, 4.69) is 28.2 Å². The van der Waals surface area contributed by atoms with Crippen LogP contribution in [0.15, 0.2) is 22.7 Å². The summed E-state index contributed by atoms with van der Waals surface area (Å²) in [5.74, 6) is -0.0362. The van der Waals surface area contributed by atoms with E-state index < -0.39 is 17.3 Å². The van der Waals surface area contributed by atoms with Gasteiger partial charge >= 0.3 is 0 Å². The van der Waals surface area contributed by atoms with Crippen molar-refractivity contribution in [2.24, 2.45) is 5.92 Å². The summed E-state index contributed by atoms with van der Waals surface area (Å²) in [5, 5.41) is 2.97. The lowest BCUT2D eigenvalue weighted by atomic mass is 9.77. The number of carbonyl (C=O) groups is 1. The second-order valence-electron chi connectivity index (χ2n) is 5.67. The second kappa shape index (κ2) is 6.44. The second-order valence-corrected chi connectivity index (χ2v) is 6.79. The molecule has 5 heteroatoms. The Morgan fingerprint density at radius 2 is 2.35 bits per heavy atom. The van der Waals surface area contributed by atoms with Gasteiger partial charge in [0, 0.05) is 5.88 Å². The lowest BCUT2D eigenvalue weighted by Gasteiger charge is -2.39. The molecule has 0 aliphatic heterocycles. The minimum Gasteiger partial charge on any atom is -0.345 e. The Morgan fingerprint density at radius 3 is 3.00 bits per heavy atom. The molecule has 1 amide bonds. The van der Waals surface area contributed by atoms with E-state index >= 15 is 0 Å². The molecule has 2 nitrogen and oxygen atoms in total.